The van der Waals surface area contributed by atoms with Crippen LogP contribution in [0.1, 0.15) is 5.56 Å². The lowest BCUT2D eigenvalue weighted by atomic mass is 10.2. The second-order valence-corrected chi connectivity index (χ2v) is 6.22. The van der Waals surface area contributed by atoms with Crippen LogP contribution in [0.5, 0.6) is 11.5 Å². The Hall–Kier alpha value is -2.88. The number of hydrogen-bond acceptors (Lipinski definition) is 5. The summed E-state index contributed by atoms with van der Waals surface area (Å²) in [4.78, 5) is 0.599. The van der Waals surface area contributed by atoms with Crippen LogP contribution in [0.2, 0.25) is 0 Å². The van der Waals surface area contributed by atoms with Gasteiger partial charge in [-0.1, -0.05) is 23.5 Å². The van der Waals surface area contributed by atoms with Gasteiger partial charge < -0.3 is 14.0 Å². The van der Waals surface area contributed by atoms with Crippen molar-refractivity contribution in [2.45, 2.75) is 13.2 Å². The third-order valence-electron chi connectivity index (χ3n) is 3.48. The first kappa shape index (κ1) is 18.9. The summed E-state index contributed by atoms with van der Waals surface area (Å²) in [6.07, 6.45) is 1.20. The van der Waals surface area contributed by atoms with Gasteiger partial charge in [0.1, 0.15) is 11.5 Å². The Morgan fingerprint density at radius 2 is 1.78 bits per heavy atom. The Bertz CT molecular complexity index is 1030. The number of fused-ring (bicyclic) bond motifs is 1. The topological polar surface area (TPSA) is 48.1 Å². The Labute approximate surface area is 154 Å². The molecular formula is C17H13F4N3O2S. The molecule has 142 valence electrons. The number of para-hydroxylation sites is 1. The maximum atomic E-state index is 12.6. The number of thiazole rings is 1. The molecule has 2 aromatic carbocycles. The van der Waals surface area contributed by atoms with Crippen molar-refractivity contribution >= 4 is 27.8 Å². The molecule has 0 saturated carbocycles. The predicted octanol–water partition coefficient (Wildman–Crippen LogP) is 4.38. The third-order valence-corrected chi connectivity index (χ3v) is 4.58. The van der Waals surface area contributed by atoms with E-state index in [1.54, 1.807) is 0 Å². The summed E-state index contributed by atoms with van der Waals surface area (Å²) in [5, 5.41) is 7.99. The highest BCUT2D eigenvalue weighted by atomic mass is 32.1. The molecule has 0 aliphatic carbocycles. The summed E-state index contributed by atoms with van der Waals surface area (Å²) in [6.45, 7) is -6.21. The van der Waals surface area contributed by atoms with Crippen LogP contribution in [0.25, 0.3) is 10.2 Å². The number of alkyl halides is 4. The van der Waals surface area contributed by atoms with Crippen molar-refractivity contribution in [3.05, 3.63) is 52.8 Å². The van der Waals surface area contributed by atoms with E-state index in [1.165, 1.54) is 29.7 Å². The van der Waals surface area contributed by atoms with Crippen LogP contribution in [-0.4, -0.2) is 24.0 Å². The molecule has 0 unspecified atom stereocenters. The number of halogens is 4. The molecule has 3 aromatic rings. The molecule has 0 aliphatic heterocycles. The van der Waals surface area contributed by atoms with Crippen molar-refractivity contribution < 1.29 is 27.0 Å². The maximum Gasteiger partial charge on any atom is 0.387 e. The zero-order valence-corrected chi connectivity index (χ0v) is 14.7. The van der Waals surface area contributed by atoms with Crippen LogP contribution >= 0.6 is 11.3 Å². The van der Waals surface area contributed by atoms with Gasteiger partial charge in [-0.05, 0) is 24.3 Å². The Balaban J connectivity index is 1.92. The molecule has 5 nitrogen and oxygen atoms in total. The van der Waals surface area contributed by atoms with Gasteiger partial charge in [-0.15, -0.1) is 5.10 Å². The Morgan fingerprint density at radius 1 is 1.04 bits per heavy atom. The first-order valence-corrected chi connectivity index (χ1v) is 8.41. The Morgan fingerprint density at radius 3 is 2.48 bits per heavy atom. The number of hydrogen-bond donors (Lipinski definition) is 0. The van der Waals surface area contributed by atoms with Gasteiger partial charge >= 0.3 is 13.2 Å². The smallest absolute Gasteiger partial charge is 0.387 e. The molecule has 0 radical (unpaired) electrons. The average Bonchev–Trinajstić information content (AvgIpc) is 2.92. The number of ether oxygens (including phenoxy) is 2. The van der Waals surface area contributed by atoms with Gasteiger partial charge in [0.05, 0.1) is 16.4 Å². The fourth-order valence-corrected chi connectivity index (χ4v) is 3.29. The molecule has 0 amide bonds. The van der Waals surface area contributed by atoms with Gasteiger partial charge in [0.25, 0.3) is 0 Å². The van der Waals surface area contributed by atoms with Crippen molar-refractivity contribution in [1.82, 2.24) is 4.57 Å². The quantitative estimate of drug-likeness (QED) is 0.351. The molecule has 0 atom stereocenters. The Kier molecular flexibility index (Phi) is 5.75. The molecule has 1 aromatic heterocycles. The second-order valence-electron chi connectivity index (χ2n) is 5.21. The lowest BCUT2D eigenvalue weighted by Crippen LogP contribution is -2.09. The van der Waals surface area contributed by atoms with E-state index in [4.69, 9.17) is 0 Å². The monoisotopic (exact) mass is 399 g/mol. The zero-order valence-electron chi connectivity index (χ0n) is 13.9. The first-order valence-electron chi connectivity index (χ1n) is 7.59. The summed E-state index contributed by atoms with van der Waals surface area (Å²) in [5.74, 6) is -0.645. The average molecular weight is 399 g/mol. The number of rotatable bonds is 6. The highest BCUT2D eigenvalue weighted by Crippen LogP contribution is 2.26. The van der Waals surface area contributed by atoms with E-state index in [2.05, 4.69) is 19.7 Å². The minimum Gasteiger partial charge on any atom is -0.435 e. The van der Waals surface area contributed by atoms with E-state index in [9.17, 15) is 17.6 Å². The van der Waals surface area contributed by atoms with Crippen LogP contribution in [0, 0.1) is 0 Å². The molecule has 0 bridgehead atoms. The van der Waals surface area contributed by atoms with Gasteiger partial charge in [-0.25, -0.2) is 0 Å². The molecule has 3 rings (SSSR count). The van der Waals surface area contributed by atoms with Gasteiger partial charge in [0.2, 0.25) is 4.80 Å². The van der Waals surface area contributed by atoms with E-state index in [0.717, 1.165) is 16.3 Å². The molecular weight excluding hydrogens is 386 g/mol. The lowest BCUT2D eigenvalue weighted by molar-refractivity contribution is -0.0543. The van der Waals surface area contributed by atoms with Crippen LogP contribution in [0.15, 0.2) is 52.7 Å². The van der Waals surface area contributed by atoms with Crippen molar-refractivity contribution in [1.29, 1.82) is 0 Å². The lowest BCUT2D eigenvalue weighted by Gasteiger charge is -2.10. The van der Waals surface area contributed by atoms with Gasteiger partial charge in [-0.2, -0.15) is 22.7 Å². The highest BCUT2D eigenvalue weighted by molar-refractivity contribution is 7.16. The van der Waals surface area contributed by atoms with Gasteiger partial charge in [-0.3, -0.25) is 0 Å². The van der Waals surface area contributed by atoms with E-state index in [1.807, 2.05) is 35.9 Å². The summed E-state index contributed by atoms with van der Waals surface area (Å²) >= 11 is 1.41. The molecule has 0 fully saturated rings. The van der Waals surface area contributed by atoms with Crippen LogP contribution in [0.4, 0.5) is 17.6 Å². The molecule has 0 N–H and O–H groups in total. The van der Waals surface area contributed by atoms with Crippen molar-refractivity contribution in [2.24, 2.45) is 17.3 Å². The maximum absolute atomic E-state index is 12.6. The molecule has 1 heterocycles. The SMILES string of the molecule is Cn1c(=NN=Cc2ccc(OC(F)F)cc2OC(F)F)sc2ccccc21. The molecule has 10 heteroatoms. The summed E-state index contributed by atoms with van der Waals surface area (Å²) in [5.41, 5.74) is 1.12. The van der Waals surface area contributed by atoms with Crippen LogP contribution in [0.3, 0.4) is 0 Å². The summed E-state index contributed by atoms with van der Waals surface area (Å²) in [7, 11) is 1.83. The highest BCUT2D eigenvalue weighted by Gasteiger charge is 2.12. The fraction of sp³-hybridized carbons (Fsp3) is 0.176. The predicted molar refractivity (Wildman–Crippen MR) is 93.7 cm³/mol. The number of benzene rings is 2. The van der Waals surface area contributed by atoms with Gasteiger partial charge in [0, 0.05) is 18.7 Å². The van der Waals surface area contributed by atoms with Crippen molar-refractivity contribution in [3.63, 3.8) is 0 Å². The third kappa shape index (κ3) is 4.64. The largest absolute Gasteiger partial charge is 0.435 e. The van der Waals surface area contributed by atoms with Gasteiger partial charge in [0.15, 0.2) is 0 Å². The van der Waals surface area contributed by atoms with E-state index in [-0.39, 0.29) is 17.1 Å². The molecule has 27 heavy (non-hydrogen) atoms. The number of aromatic nitrogens is 1. The molecule has 0 saturated heterocycles. The van der Waals surface area contributed by atoms with E-state index >= 15 is 0 Å². The first-order chi connectivity index (χ1) is 12.9. The van der Waals surface area contributed by atoms with Crippen LogP contribution in [-0.2, 0) is 7.05 Å². The van der Waals surface area contributed by atoms with E-state index in [0.29, 0.717) is 4.80 Å². The minimum absolute atomic E-state index is 0.143. The molecule has 0 spiro atoms. The minimum atomic E-state index is -3.13. The number of aryl methyl sites for hydroxylation is 1. The molecule has 0 aliphatic rings. The van der Waals surface area contributed by atoms with Crippen LogP contribution < -0.4 is 14.3 Å². The van der Waals surface area contributed by atoms with Crippen molar-refractivity contribution in [2.75, 3.05) is 0 Å². The fourth-order valence-electron chi connectivity index (χ4n) is 2.31. The van der Waals surface area contributed by atoms with E-state index < -0.39 is 13.2 Å². The summed E-state index contributed by atoms with van der Waals surface area (Å²) in [6, 6.07) is 11.1. The standard InChI is InChI=1S/C17H13F4N3O2S/c1-24-12-4-2-3-5-14(12)27-17(24)23-22-9-10-6-7-11(25-15(18)19)8-13(10)26-16(20)21/h2-9,15-16H,1H3. The zero-order chi connectivity index (χ0) is 19.4. The number of nitrogens with zero attached hydrogens (tertiary/aromatic N) is 3. The normalized spacial score (nSPS) is 12.6. The summed E-state index contributed by atoms with van der Waals surface area (Å²) < 4.78 is 61.1. The second kappa shape index (κ2) is 8.21. The van der Waals surface area contributed by atoms with Crippen molar-refractivity contribution in [3.8, 4) is 11.5 Å².